The molecule has 0 spiro atoms. The Bertz CT molecular complexity index is 980. The van der Waals surface area contributed by atoms with Gasteiger partial charge in [0.2, 0.25) is 5.91 Å². The van der Waals surface area contributed by atoms with Crippen molar-refractivity contribution < 1.29 is 9.59 Å². The standard InChI is InChI=1S/C21H26N4O3S/c1-13-15(20(28)25-11-4-5-12-25)7-6-8-17(13)23-18(26)10-9-16-14(2)22-21(29-3)24-19(16)27/h6-8H,4-5,9-12H2,1-3H3,(H,23,26)(H,22,24,27). The summed E-state index contributed by atoms with van der Waals surface area (Å²) in [7, 11) is 0. The minimum atomic E-state index is -0.205. The van der Waals surface area contributed by atoms with E-state index in [2.05, 4.69) is 15.3 Å². The van der Waals surface area contributed by atoms with Crippen LogP contribution in [0.2, 0.25) is 0 Å². The average Bonchev–Trinajstić information content (AvgIpc) is 3.23. The molecule has 0 unspecified atom stereocenters. The third-order valence-corrected chi connectivity index (χ3v) is 5.81. The molecule has 1 fully saturated rings. The Kier molecular flexibility index (Phi) is 6.74. The zero-order chi connectivity index (χ0) is 21.0. The van der Waals surface area contributed by atoms with Gasteiger partial charge in [-0.3, -0.25) is 14.4 Å². The fourth-order valence-electron chi connectivity index (χ4n) is 3.52. The largest absolute Gasteiger partial charge is 0.339 e. The van der Waals surface area contributed by atoms with Gasteiger partial charge in [-0.2, -0.15) is 0 Å². The molecule has 1 saturated heterocycles. The van der Waals surface area contributed by atoms with E-state index in [4.69, 9.17) is 0 Å². The Morgan fingerprint density at radius 3 is 2.62 bits per heavy atom. The molecule has 0 atom stereocenters. The van der Waals surface area contributed by atoms with Crippen LogP contribution in [0.25, 0.3) is 0 Å². The van der Waals surface area contributed by atoms with Crippen LogP contribution < -0.4 is 10.9 Å². The molecule has 154 valence electrons. The average molecular weight is 415 g/mol. The van der Waals surface area contributed by atoms with Gasteiger partial charge in [0, 0.05) is 42.0 Å². The molecule has 1 aliphatic rings. The van der Waals surface area contributed by atoms with Crippen LogP contribution in [0.15, 0.2) is 28.2 Å². The number of benzene rings is 1. The number of thioether (sulfide) groups is 1. The maximum atomic E-state index is 12.7. The fourth-order valence-corrected chi connectivity index (χ4v) is 3.94. The van der Waals surface area contributed by atoms with Crippen molar-refractivity contribution >= 4 is 29.3 Å². The molecule has 1 aliphatic heterocycles. The van der Waals surface area contributed by atoms with E-state index < -0.39 is 0 Å². The quantitative estimate of drug-likeness (QED) is 0.560. The molecule has 2 heterocycles. The number of aromatic nitrogens is 2. The van der Waals surface area contributed by atoms with E-state index >= 15 is 0 Å². The first-order chi connectivity index (χ1) is 13.9. The summed E-state index contributed by atoms with van der Waals surface area (Å²) < 4.78 is 0. The predicted octanol–water partition coefficient (Wildman–Crippen LogP) is 2.92. The summed E-state index contributed by atoms with van der Waals surface area (Å²) in [5, 5.41) is 3.45. The number of anilines is 1. The maximum Gasteiger partial charge on any atom is 0.254 e. The van der Waals surface area contributed by atoms with E-state index in [1.807, 2.05) is 18.1 Å². The van der Waals surface area contributed by atoms with Crippen LogP contribution in [-0.4, -0.2) is 46.0 Å². The number of H-pyrrole nitrogens is 1. The van der Waals surface area contributed by atoms with Gasteiger partial charge in [0.1, 0.15) is 0 Å². The molecular formula is C21H26N4O3S. The summed E-state index contributed by atoms with van der Waals surface area (Å²) in [5.74, 6) is -0.190. The number of nitrogens with one attached hydrogen (secondary N) is 2. The van der Waals surface area contributed by atoms with Crippen molar-refractivity contribution in [3.05, 3.63) is 50.9 Å². The van der Waals surface area contributed by atoms with Gasteiger partial charge in [-0.25, -0.2) is 4.98 Å². The van der Waals surface area contributed by atoms with Crippen LogP contribution in [-0.2, 0) is 11.2 Å². The van der Waals surface area contributed by atoms with Crippen molar-refractivity contribution in [2.75, 3.05) is 24.7 Å². The van der Waals surface area contributed by atoms with E-state index in [9.17, 15) is 14.4 Å². The molecule has 1 aromatic heterocycles. The van der Waals surface area contributed by atoms with Gasteiger partial charge in [-0.05, 0) is 57.1 Å². The first-order valence-electron chi connectivity index (χ1n) is 9.73. The second-order valence-corrected chi connectivity index (χ2v) is 7.96. The number of carbonyl (C=O) groups is 2. The van der Waals surface area contributed by atoms with Crippen LogP contribution in [0.3, 0.4) is 0 Å². The minimum Gasteiger partial charge on any atom is -0.339 e. The number of rotatable bonds is 6. The van der Waals surface area contributed by atoms with Crippen molar-refractivity contribution in [3.8, 4) is 0 Å². The third-order valence-electron chi connectivity index (χ3n) is 5.23. The number of aromatic amines is 1. The van der Waals surface area contributed by atoms with E-state index in [0.29, 0.717) is 34.1 Å². The number of carbonyl (C=O) groups excluding carboxylic acids is 2. The Hall–Kier alpha value is -2.61. The van der Waals surface area contributed by atoms with Crippen molar-refractivity contribution in [2.24, 2.45) is 0 Å². The monoisotopic (exact) mass is 414 g/mol. The molecule has 0 aliphatic carbocycles. The number of amides is 2. The smallest absolute Gasteiger partial charge is 0.254 e. The SMILES string of the molecule is CSc1nc(C)c(CCC(=O)Nc2cccc(C(=O)N3CCCC3)c2C)c(=O)[nH]1. The van der Waals surface area contributed by atoms with Crippen molar-refractivity contribution in [2.45, 2.75) is 44.7 Å². The first kappa shape index (κ1) is 21.1. The number of aryl methyl sites for hydroxylation is 1. The molecule has 2 amide bonds. The lowest BCUT2D eigenvalue weighted by Crippen LogP contribution is -2.28. The second-order valence-electron chi connectivity index (χ2n) is 7.16. The van der Waals surface area contributed by atoms with Crippen LogP contribution in [0, 0.1) is 13.8 Å². The Balaban J connectivity index is 1.68. The molecule has 29 heavy (non-hydrogen) atoms. The zero-order valence-corrected chi connectivity index (χ0v) is 17.8. The second kappa shape index (κ2) is 9.26. The van der Waals surface area contributed by atoms with Gasteiger partial charge in [-0.1, -0.05) is 17.8 Å². The van der Waals surface area contributed by atoms with Gasteiger partial charge in [-0.15, -0.1) is 0 Å². The zero-order valence-electron chi connectivity index (χ0n) is 17.0. The summed E-state index contributed by atoms with van der Waals surface area (Å²) in [6, 6.07) is 5.38. The summed E-state index contributed by atoms with van der Waals surface area (Å²) in [6.45, 7) is 5.19. The highest BCUT2D eigenvalue weighted by molar-refractivity contribution is 7.98. The highest BCUT2D eigenvalue weighted by Gasteiger charge is 2.22. The predicted molar refractivity (Wildman–Crippen MR) is 115 cm³/mol. The highest BCUT2D eigenvalue weighted by atomic mass is 32.2. The molecule has 0 bridgehead atoms. The summed E-state index contributed by atoms with van der Waals surface area (Å²) in [5.41, 5.74) is 2.96. The topological polar surface area (TPSA) is 95.2 Å². The molecule has 2 aromatic rings. The lowest BCUT2D eigenvalue weighted by molar-refractivity contribution is -0.116. The number of likely N-dealkylation sites (tertiary alicyclic amines) is 1. The fraction of sp³-hybridized carbons (Fsp3) is 0.429. The van der Waals surface area contributed by atoms with Gasteiger partial charge in [0.25, 0.3) is 11.5 Å². The van der Waals surface area contributed by atoms with Crippen LogP contribution >= 0.6 is 11.8 Å². The Morgan fingerprint density at radius 1 is 1.24 bits per heavy atom. The van der Waals surface area contributed by atoms with E-state index in [1.165, 1.54) is 11.8 Å². The van der Waals surface area contributed by atoms with Crippen LogP contribution in [0.4, 0.5) is 5.69 Å². The highest BCUT2D eigenvalue weighted by Crippen LogP contribution is 2.22. The number of nitrogens with zero attached hydrogens (tertiary/aromatic N) is 2. The molecule has 1 aromatic carbocycles. The maximum absolute atomic E-state index is 12.7. The molecule has 0 radical (unpaired) electrons. The number of hydrogen-bond donors (Lipinski definition) is 2. The molecule has 2 N–H and O–H groups in total. The number of hydrogen-bond acceptors (Lipinski definition) is 5. The van der Waals surface area contributed by atoms with Crippen LogP contribution in [0.1, 0.15) is 46.4 Å². The molecule has 3 rings (SSSR count). The first-order valence-corrected chi connectivity index (χ1v) is 11.0. The van der Waals surface area contributed by atoms with Gasteiger partial charge in [0.15, 0.2) is 5.16 Å². The molecule has 0 saturated carbocycles. The van der Waals surface area contributed by atoms with E-state index in [1.54, 1.807) is 25.1 Å². The lowest BCUT2D eigenvalue weighted by Gasteiger charge is -2.18. The summed E-state index contributed by atoms with van der Waals surface area (Å²) in [6.07, 6.45) is 4.38. The van der Waals surface area contributed by atoms with Crippen molar-refractivity contribution in [1.82, 2.24) is 14.9 Å². The molecule has 7 nitrogen and oxygen atoms in total. The van der Waals surface area contributed by atoms with E-state index in [-0.39, 0.29) is 23.8 Å². The van der Waals surface area contributed by atoms with Crippen LogP contribution in [0.5, 0.6) is 0 Å². The molecular weight excluding hydrogens is 388 g/mol. The Morgan fingerprint density at radius 2 is 1.97 bits per heavy atom. The van der Waals surface area contributed by atoms with E-state index in [0.717, 1.165) is 31.5 Å². The van der Waals surface area contributed by atoms with Gasteiger partial charge >= 0.3 is 0 Å². The summed E-state index contributed by atoms with van der Waals surface area (Å²) in [4.78, 5) is 46.3. The third kappa shape index (κ3) is 4.87. The summed E-state index contributed by atoms with van der Waals surface area (Å²) >= 11 is 1.37. The van der Waals surface area contributed by atoms with Gasteiger partial charge < -0.3 is 15.2 Å². The normalized spacial score (nSPS) is 13.6. The molecule has 8 heteroatoms. The van der Waals surface area contributed by atoms with Crippen molar-refractivity contribution in [3.63, 3.8) is 0 Å². The van der Waals surface area contributed by atoms with Crippen molar-refractivity contribution in [1.29, 1.82) is 0 Å². The minimum absolute atomic E-state index is 0.0122. The van der Waals surface area contributed by atoms with Gasteiger partial charge in [0.05, 0.1) is 0 Å². The lowest BCUT2D eigenvalue weighted by atomic mass is 10.0. The Labute approximate surface area is 174 Å².